The number of carbonyl (C=O) groups is 1. The van der Waals surface area contributed by atoms with Crippen LogP contribution in [0.1, 0.15) is 38.2 Å². The van der Waals surface area contributed by atoms with E-state index < -0.39 is 6.10 Å². The van der Waals surface area contributed by atoms with E-state index in [4.69, 9.17) is 0 Å². The van der Waals surface area contributed by atoms with E-state index in [9.17, 15) is 9.90 Å². The number of Topliss-reactive ketones (excluding diaryl/α,β-unsaturated/α-hetero) is 1. The first-order valence-corrected chi connectivity index (χ1v) is 8.24. The van der Waals surface area contributed by atoms with Crippen LogP contribution in [0.2, 0.25) is 0 Å². The van der Waals surface area contributed by atoms with E-state index in [1.165, 1.54) is 0 Å². The van der Waals surface area contributed by atoms with Crippen molar-refractivity contribution in [2.24, 2.45) is 10.9 Å². The highest BCUT2D eigenvalue weighted by molar-refractivity contribution is 5.99. The van der Waals surface area contributed by atoms with Crippen LogP contribution in [-0.4, -0.2) is 35.9 Å². The maximum Gasteiger partial charge on any atom is 0.165 e. The van der Waals surface area contributed by atoms with Crippen LogP contribution in [0.4, 0.5) is 5.69 Å². The minimum absolute atomic E-state index is 0.0480. The molecule has 3 rings (SSSR count). The average molecular weight is 300 g/mol. The van der Waals surface area contributed by atoms with Crippen LogP contribution in [0, 0.1) is 5.92 Å². The number of carbonyl (C=O) groups excluding carboxylic acids is 1. The molecule has 22 heavy (non-hydrogen) atoms. The topological polar surface area (TPSA) is 52.9 Å². The lowest BCUT2D eigenvalue weighted by atomic mass is 9.93. The molecule has 0 radical (unpaired) electrons. The Bertz CT molecular complexity index is 576. The number of amidine groups is 1. The number of para-hydroxylation sites is 1. The molecule has 2 aliphatic rings. The summed E-state index contributed by atoms with van der Waals surface area (Å²) >= 11 is 0. The highest BCUT2D eigenvalue weighted by atomic mass is 16.3. The Morgan fingerprint density at radius 2 is 2.09 bits per heavy atom. The molecule has 1 aromatic rings. The van der Waals surface area contributed by atoms with E-state index in [0.717, 1.165) is 55.9 Å². The Balaban J connectivity index is 1.74. The number of hydrogen-bond acceptors (Lipinski definition) is 4. The minimum atomic E-state index is -0.802. The number of ketones is 1. The minimum Gasteiger partial charge on any atom is -0.385 e. The summed E-state index contributed by atoms with van der Waals surface area (Å²) in [5, 5.41) is 10.3. The van der Waals surface area contributed by atoms with Crippen molar-refractivity contribution in [1.82, 2.24) is 0 Å². The summed E-state index contributed by atoms with van der Waals surface area (Å²) in [4.78, 5) is 19.0. The largest absolute Gasteiger partial charge is 0.385 e. The molecular weight excluding hydrogens is 276 g/mol. The second-order valence-electron chi connectivity index (χ2n) is 6.34. The summed E-state index contributed by atoms with van der Waals surface area (Å²) < 4.78 is 0. The molecule has 1 saturated carbocycles. The summed E-state index contributed by atoms with van der Waals surface area (Å²) in [6, 6.07) is 7.97. The Morgan fingerprint density at radius 1 is 1.36 bits per heavy atom. The molecule has 118 valence electrons. The van der Waals surface area contributed by atoms with Gasteiger partial charge in [0.15, 0.2) is 5.78 Å². The van der Waals surface area contributed by atoms with Crippen molar-refractivity contribution < 1.29 is 9.90 Å². The summed E-state index contributed by atoms with van der Waals surface area (Å²) in [6.07, 6.45) is 3.73. The van der Waals surface area contributed by atoms with Crippen molar-refractivity contribution in [1.29, 1.82) is 0 Å². The fourth-order valence-corrected chi connectivity index (χ4v) is 3.61. The maximum absolute atomic E-state index is 12.4. The predicted molar refractivity (Wildman–Crippen MR) is 88.4 cm³/mol. The lowest BCUT2D eigenvalue weighted by Crippen LogP contribution is -2.31. The lowest BCUT2D eigenvalue weighted by Gasteiger charge is -2.23. The SMILES string of the molecule is CC1=NCCN1c1ccccc1CC(=O)C(O)C1CCCC1. The van der Waals surface area contributed by atoms with Gasteiger partial charge in [-0.15, -0.1) is 0 Å². The van der Waals surface area contributed by atoms with E-state index >= 15 is 0 Å². The molecule has 1 aliphatic carbocycles. The monoisotopic (exact) mass is 300 g/mol. The van der Waals surface area contributed by atoms with Gasteiger partial charge in [-0.25, -0.2) is 0 Å². The van der Waals surface area contributed by atoms with Crippen LogP contribution >= 0.6 is 0 Å². The van der Waals surface area contributed by atoms with Gasteiger partial charge in [0, 0.05) is 18.7 Å². The third kappa shape index (κ3) is 3.07. The number of benzene rings is 1. The van der Waals surface area contributed by atoms with Gasteiger partial charge >= 0.3 is 0 Å². The van der Waals surface area contributed by atoms with E-state index in [1.807, 2.05) is 31.2 Å². The average Bonchev–Trinajstić information content (AvgIpc) is 3.18. The molecule has 1 unspecified atom stereocenters. The number of rotatable bonds is 5. The zero-order valence-corrected chi connectivity index (χ0v) is 13.2. The molecule has 1 fully saturated rings. The van der Waals surface area contributed by atoms with Crippen molar-refractivity contribution in [2.75, 3.05) is 18.0 Å². The Morgan fingerprint density at radius 3 is 2.77 bits per heavy atom. The number of nitrogens with zero attached hydrogens (tertiary/aromatic N) is 2. The molecule has 0 saturated heterocycles. The highest BCUT2D eigenvalue weighted by Crippen LogP contribution is 2.30. The number of aliphatic imine (C=N–C) groups is 1. The normalized spacial score (nSPS) is 20.3. The first-order chi connectivity index (χ1) is 10.7. The highest BCUT2D eigenvalue weighted by Gasteiger charge is 2.29. The fraction of sp³-hybridized carbons (Fsp3) is 0.556. The molecule has 1 heterocycles. The first kappa shape index (κ1) is 15.2. The van der Waals surface area contributed by atoms with Crippen LogP contribution < -0.4 is 4.90 Å². The Hall–Kier alpha value is -1.68. The molecular formula is C18H24N2O2. The van der Waals surface area contributed by atoms with E-state index in [2.05, 4.69) is 9.89 Å². The quantitative estimate of drug-likeness (QED) is 0.909. The molecule has 0 spiro atoms. The third-order valence-corrected chi connectivity index (χ3v) is 4.88. The lowest BCUT2D eigenvalue weighted by molar-refractivity contribution is -0.129. The molecule has 1 aliphatic heterocycles. The molecule has 0 aromatic heterocycles. The van der Waals surface area contributed by atoms with Crippen molar-refractivity contribution in [3.05, 3.63) is 29.8 Å². The van der Waals surface area contributed by atoms with Gasteiger partial charge in [-0.05, 0) is 37.3 Å². The summed E-state index contributed by atoms with van der Waals surface area (Å²) in [7, 11) is 0. The number of aliphatic hydroxyl groups is 1. The zero-order valence-electron chi connectivity index (χ0n) is 13.2. The molecule has 4 nitrogen and oxygen atoms in total. The van der Waals surface area contributed by atoms with E-state index in [0.29, 0.717) is 6.42 Å². The molecule has 0 bridgehead atoms. The smallest absolute Gasteiger partial charge is 0.165 e. The number of hydrogen-bond donors (Lipinski definition) is 1. The number of anilines is 1. The summed E-state index contributed by atoms with van der Waals surface area (Å²) in [5.41, 5.74) is 2.04. The third-order valence-electron chi connectivity index (χ3n) is 4.88. The molecule has 1 aromatic carbocycles. The number of aliphatic hydroxyl groups excluding tert-OH is 1. The Labute approximate surface area is 131 Å². The van der Waals surface area contributed by atoms with Crippen molar-refractivity contribution >= 4 is 17.3 Å². The van der Waals surface area contributed by atoms with Crippen LogP contribution in [0.5, 0.6) is 0 Å². The predicted octanol–water partition coefficient (Wildman–Crippen LogP) is 2.59. The van der Waals surface area contributed by atoms with Crippen molar-refractivity contribution in [3.63, 3.8) is 0 Å². The van der Waals surface area contributed by atoms with Gasteiger partial charge in [-0.3, -0.25) is 9.79 Å². The fourth-order valence-electron chi connectivity index (χ4n) is 3.61. The van der Waals surface area contributed by atoms with Crippen LogP contribution in [0.15, 0.2) is 29.3 Å². The van der Waals surface area contributed by atoms with E-state index in [-0.39, 0.29) is 11.7 Å². The molecule has 4 heteroatoms. The van der Waals surface area contributed by atoms with Gasteiger partial charge in [0.1, 0.15) is 11.9 Å². The molecule has 1 N–H and O–H groups in total. The van der Waals surface area contributed by atoms with Crippen molar-refractivity contribution in [3.8, 4) is 0 Å². The van der Waals surface area contributed by atoms with E-state index in [1.54, 1.807) is 0 Å². The van der Waals surface area contributed by atoms with Crippen LogP contribution in [0.25, 0.3) is 0 Å². The van der Waals surface area contributed by atoms with Crippen LogP contribution in [-0.2, 0) is 11.2 Å². The zero-order chi connectivity index (χ0) is 15.5. The standard InChI is InChI=1S/C18H24N2O2/c1-13-19-10-11-20(13)16-9-5-4-8-15(16)12-17(21)18(22)14-6-2-3-7-14/h4-5,8-9,14,18,22H,2-3,6-7,10-12H2,1H3. The van der Waals surface area contributed by atoms with Crippen molar-refractivity contribution in [2.45, 2.75) is 45.1 Å². The van der Waals surface area contributed by atoms with Gasteiger partial charge < -0.3 is 10.0 Å². The van der Waals surface area contributed by atoms with Gasteiger partial charge in [0.2, 0.25) is 0 Å². The first-order valence-electron chi connectivity index (χ1n) is 8.24. The molecule has 0 amide bonds. The van der Waals surface area contributed by atoms with Gasteiger partial charge in [-0.1, -0.05) is 31.0 Å². The summed E-state index contributed by atoms with van der Waals surface area (Å²) in [6.45, 7) is 3.67. The summed E-state index contributed by atoms with van der Waals surface area (Å²) in [5.74, 6) is 1.11. The van der Waals surface area contributed by atoms with Gasteiger partial charge in [-0.2, -0.15) is 0 Å². The second kappa shape index (κ2) is 6.61. The van der Waals surface area contributed by atoms with Gasteiger partial charge in [0.25, 0.3) is 0 Å². The molecule has 1 atom stereocenters. The van der Waals surface area contributed by atoms with Crippen LogP contribution in [0.3, 0.4) is 0 Å². The van der Waals surface area contributed by atoms with Gasteiger partial charge in [0.05, 0.1) is 6.54 Å². The maximum atomic E-state index is 12.4. The Kier molecular flexibility index (Phi) is 4.57. The second-order valence-corrected chi connectivity index (χ2v) is 6.34.